The molecule has 2 aliphatic rings. The minimum atomic E-state index is -3.72. The zero-order chi connectivity index (χ0) is 17.7. The molecule has 0 aromatic heterocycles. The molecule has 3 rings (SSSR count). The number of carbonyl (C=O) groups is 1. The first-order chi connectivity index (χ1) is 11.1. The van der Waals surface area contributed by atoms with Crippen LogP contribution in [0.5, 0.6) is 11.5 Å². The molecule has 2 aliphatic heterocycles. The molecular formula is C16H20F2N2O4. The van der Waals surface area contributed by atoms with Gasteiger partial charge in [-0.15, -0.1) is 8.78 Å². The van der Waals surface area contributed by atoms with Crippen LogP contribution in [-0.2, 0) is 4.74 Å². The Morgan fingerprint density at radius 2 is 1.96 bits per heavy atom. The monoisotopic (exact) mass is 342 g/mol. The second-order valence-corrected chi connectivity index (χ2v) is 6.91. The first kappa shape index (κ1) is 16.8. The molecule has 0 aliphatic carbocycles. The fourth-order valence-electron chi connectivity index (χ4n) is 2.78. The number of fused-ring (bicyclic) bond motifs is 2. The van der Waals surface area contributed by atoms with E-state index in [2.05, 4.69) is 9.47 Å². The maximum absolute atomic E-state index is 13.3. The van der Waals surface area contributed by atoms with Gasteiger partial charge in [0, 0.05) is 18.7 Å². The molecule has 1 atom stereocenters. The van der Waals surface area contributed by atoms with Crippen LogP contribution in [0, 0.1) is 0 Å². The van der Waals surface area contributed by atoms with Gasteiger partial charge in [-0.1, -0.05) is 0 Å². The van der Waals surface area contributed by atoms with Gasteiger partial charge in [-0.25, -0.2) is 4.79 Å². The Bertz CT molecular complexity index is 673. The van der Waals surface area contributed by atoms with Crippen molar-refractivity contribution in [3.05, 3.63) is 17.7 Å². The second kappa shape index (κ2) is 5.47. The average Bonchev–Trinajstić information content (AvgIpc) is 2.63. The predicted molar refractivity (Wildman–Crippen MR) is 82.4 cm³/mol. The Hall–Kier alpha value is -2.09. The molecule has 0 bridgehead atoms. The summed E-state index contributed by atoms with van der Waals surface area (Å²) in [5, 5.41) is 0. The Balaban J connectivity index is 2.01. The van der Waals surface area contributed by atoms with Crippen LogP contribution in [0.4, 0.5) is 19.3 Å². The van der Waals surface area contributed by atoms with Crippen molar-refractivity contribution in [3.63, 3.8) is 0 Å². The molecule has 0 spiro atoms. The smallest absolute Gasteiger partial charge is 0.443 e. The maximum Gasteiger partial charge on any atom is 0.586 e. The molecule has 1 unspecified atom stereocenters. The third-order valence-electron chi connectivity index (χ3n) is 3.75. The number of carbonyl (C=O) groups excluding carboxylic acids is 1. The number of ether oxygens (including phenoxy) is 3. The van der Waals surface area contributed by atoms with Crippen molar-refractivity contribution in [2.45, 2.75) is 51.6 Å². The topological polar surface area (TPSA) is 74.0 Å². The number of anilines is 1. The summed E-state index contributed by atoms with van der Waals surface area (Å²) in [6.45, 7) is 5.66. The number of nitrogens with zero attached hydrogens (tertiary/aromatic N) is 1. The summed E-state index contributed by atoms with van der Waals surface area (Å²) >= 11 is 0. The molecule has 132 valence electrons. The molecule has 2 heterocycles. The number of rotatable bonds is 0. The number of alkyl halides is 2. The number of halogens is 2. The number of benzene rings is 1. The lowest BCUT2D eigenvalue weighted by atomic mass is 10.0. The molecule has 24 heavy (non-hydrogen) atoms. The van der Waals surface area contributed by atoms with E-state index in [1.165, 1.54) is 17.0 Å². The highest BCUT2D eigenvalue weighted by Crippen LogP contribution is 2.47. The van der Waals surface area contributed by atoms with Crippen LogP contribution in [0.25, 0.3) is 0 Å². The zero-order valence-electron chi connectivity index (χ0n) is 13.8. The van der Waals surface area contributed by atoms with Crippen molar-refractivity contribution in [3.8, 4) is 11.5 Å². The number of hydrogen-bond donors (Lipinski definition) is 1. The van der Waals surface area contributed by atoms with E-state index in [1.807, 2.05) is 0 Å². The van der Waals surface area contributed by atoms with Gasteiger partial charge in [-0.05, 0) is 45.2 Å². The van der Waals surface area contributed by atoms with Crippen LogP contribution in [0.2, 0.25) is 0 Å². The first-order valence-corrected chi connectivity index (χ1v) is 7.76. The van der Waals surface area contributed by atoms with Crippen LogP contribution in [0.15, 0.2) is 12.1 Å². The Morgan fingerprint density at radius 1 is 1.33 bits per heavy atom. The van der Waals surface area contributed by atoms with Gasteiger partial charge in [0.1, 0.15) is 5.60 Å². The van der Waals surface area contributed by atoms with Crippen LogP contribution >= 0.6 is 0 Å². The summed E-state index contributed by atoms with van der Waals surface area (Å²) in [6.07, 6.45) is -2.99. The van der Waals surface area contributed by atoms with E-state index < -0.39 is 24.0 Å². The van der Waals surface area contributed by atoms with Gasteiger partial charge >= 0.3 is 12.4 Å². The molecule has 1 aromatic rings. The Labute approximate surface area is 138 Å². The summed E-state index contributed by atoms with van der Waals surface area (Å²) in [5.74, 6) is -0.207. The van der Waals surface area contributed by atoms with Gasteiger partial charge in [0.25, 0.3) is 0 Å². The summed E-state index contributed by atoms with van der Waals surface area (Å²) < 4.78 is 41.0. The van der Waals surface area contributed by atoms with Gasteiger partial charge in [0.15, 0.2) is 11.5 Å². The number of hydrogen-bond acceptors (Lipinski definition) is 5. The number of amides is 1. The zero-order valence-corrected chi connectivity index (χ0v) is 13.8. The maximum atomic E-state index is 13.3. The molecule has 0 saturated carbocycles. The third kappa shape index (κ3) is 3.24. The number of nitrogens with two attached hydrogens (primary N) is 1. The predicted octanol–water partition coefficient (Wildman–Crippen LogP) is 3.54. The Morgan fingerprint density at radius 3 is 2.58 bits per heavy atom. The summed E-state index contributed by atoms with van der Waals surface area (Å²) in [5.41, 5.74) is 6.43. The van der Waals surface area contributed by atoms with Crippen LogP contribution in [0.3, 0.4) is 0 Å². The highest BCUT2D eigenvalue weighted by atomic mass is 19.3. The first-order valence-electron chi connectivity index (χ1n) is 7.76. The van der Waals surface area contributed by atoms with Crippen molar-refractivity contribution < 1.29 is 27.8 Å². The lowest BCUT2D eigenvalue weighted by Gasteiger charge is -2.27. The SMILES string of the molecule is CC(C)(C)OC(=O)N1CCCC(N)c2cc3c(cc21)OC(F)(F)O3. The molecule has 1 aromatic carbocycles. The van der Waals surface area contributed by atoms with E-state index in [4.69, 9.17) is 10.5 Å². The van der Waals surface area contributed by atoms with E-state index >= 15 is 0 Å². The fraction of sp³-hybridized carbons (Fsp3) is 0.562. The summed E-state index contributed by atoms with van der Waals surface area (Å²) in [6, 6.07) is 2.38. The minimum Gasteiger partial charge on any atom is -0.443 e. The normalized spacial score (nSPS) is 21.9. The van der Waals surface area contributed by atoms with Gasteiger partial charge in [-0.3, -0.25) is 4.90 Å². The van der Waals surface area contributed by atoms with Gasteiger partial charge < -0.3 is 19.9 Å². The van der Waals surface area contributed by atoms with Gasteiger partial charge in [-0.2, -0.15) is 0 Å². The lowest BCUT2D eigenvalue weighted by molar-refractivity contribution is -0.286. The van der Waals surface area contributed by atoms with Crippen molar-refractivity contribution >= 4 is 11.8 Å². The van der Waals surface area contributed by atoms with E-state index in [0.717, 1.165) is 0 Å². The second-order valence-electron chi connectivity index (χ2n) is 6.91. The molecule has 6 nitrogen and oxygen atoms in total. The van der Waals surface area contributed by atoms with Crippen molar-refractivity contribution in [1.29, 1.82) is 0 Å². The van der Waals surface area contributed by atoms with Crippen LogP contribution in [-0.4, -0.2) is 24.5 Å². The standard InChI is InChI=1S/C16H20F2N2O4/c1-15(2,3)24-14(21)20-6-4-5-10(19)9-7-12-13(8-11(9)20)23-16(17,18)22-12/h7-8,10H,4-6,19H2,1-3H3. The molecular weight excluding hydrogens is 322 g/mol. The summed E-state index contributed by atoms with van der Waals surface area (Å²) in [4.78, 5) is 13.9. The average molecular weight is 342 g/mol. The van der Waals surface area contributed by atoms with E-state index in [1.54, 1.807) is 20.8 Å². The molecule has 2 N–H and O–H groups in total. The van der Waals surface area contributed by atoms with Gasteiger partial charge in [0.05, 0.1) is 5.69 Å². The van der Waals surface area contributed by atoms with Crippen molar-refractivity contribution in [1.82, 2.24) is 0 Å². The fourth-order valence-corrected chi connectivity index (χ4v) is 2.78. The van der Waals surface area contributed by atoms with Crippen LogP contribution < -0.4 is 20.1 Å². The molecule has 0 radical (unpaired) electrons. The van der Waals surface area contributed by atoms with E-state index in [0.29, 0.717) is 30.6 Å². The van der Waals surface area contributed by atoms with Crippen molar-refractivity contribution in [2.24, 2.45) is 5.73 Å². The Kier molecular flexibility index (Phi) is 3.82. The third-order valence-corrected chi connectivity index (χ3v) is 3.75. The molecule has 1 amide bonds. The minimum absolute atomic E-state index is 0.0831. The quantitative estimate of drug-likeness (QED) is 0.780. The van der Waals surface area contributed by atoms with Crippen LogP contribution in [0.1, 0.15) is 45.2 Å². The van der Waals surface area contributed by atoms with E-state index in [9.17, 15) is 13.6 Å². The summed E-state index contributed by atoms with van der Waals surface area (Å²) in [7, 11) is 0. The highest BCUT2D eigenvalue weighted by Gasteiger charge is 2.44. The molecule has 8 heteroatoms. The molecule has 0 fully saturated rings. The largest absolute Gasteiger partial charge is 0.586 e. The lowest BCUT2D eigenvalue weighted by Crippen LogP contribution is -2.37. The molecule has 0 saturated heterocycles. The van der Waals surface area contributed by atoms with Crippen molar-refractivity contribution in [2.75, 3.05) is 11.4 Å². The highest BCUT2D eigenvalue weighted by molar-refractivity contribution is 5.90. The van der Waals surface area contributed by atoms with E-state index in [-0.39, 0.29) is 11.5 Å². The van der Waals surface area contributed by atoms with Gasteiger partial charge in [0.2, 0.25) is 0 Å².